The van der Waals surface area contributed by atoms with Gasteiger partial charge in [0.25, 0.3) is 0 Å². The SMILES string of the molecule is CCNC(CO)c1cccc(F)c1. The van der Waals surface area contributed by atoms with Gasteiger partial charge >= 0.3 is 0 Å². The third kappa shape index (κ3) is 2.79. The van der Waals surface area contributed by atoms with Crippen molar-refractivity contribution in [3.63, 3.8) is 0 Å². The fraction of sp³-hybridized carbons (Fsp3) is 0.400. The van der Waals surface area contributed by atoms with Crippen LogP contribution in [0.2, 0.25) is 0 Å². The minimum Gasteiger partial charge on any atom is -0.394 e. The van der Waals surface area contributed by atoms with Crippen molar-refractivity contribution < 1.29 is 9.50 Å². The Morgan fingerprint density at radius 2 is 2.31 bits per heavy atom. The molecule has 0 bridgehead atoms. The van der Waals surface area contributed by atoms with Crippen molar-refractivity contribution in [2.24, 2.45) is 0 Å². The molecule has 2 nitrogen and oxygen atoms in total. The summed E-state index contributed by atoms with van der Waals surface area (Å²) in [6, 6.07) is 6.10. The third-order valence-corrected chi connectivity index (χ3v) is 1.88. The second-order valence-electron chi connectivity index (χ2n) is 2.85. The Bertz CT molecular complexity index is 265. The highest BCUT2D eigenvalue weighted by Crippen LogP contribution is 2.12. The number of halogens is 1. The summed E-state index contributed by atoms with van der Waals surface area (Å²) in [6.07, 6.45) is 0. The molecule has 13 heavy (non-hydrogen) atoms. The zero-order valence-electron chi connectivity index (χ0n) is 7.63. The van der Waals surface area contributed by atoms with E-state index < -0.39 is 0 Å². The molecular weight excluding hydrogens is 169 g/mol. The number of likely N-dealkylation sites (N-methyl/N-ethyl adjacent to an activating group) is 1. The van der Waals surface area contributed by atoms with Crippen LogP contribution in [0.3, 0.4) is 0 Å². The second-order valence-corrected chi connectivity index (χ2v) is 2.85. The third-order valence-electron chi connectivity index (χ3n) is 1.88. The lowest BCUT2D eigenvalue weighted by atomic mass is 10.1. The van der Waals surface area contributed by atoms with Crippen LogP contribution in [0.15, 0.2) is 24.3 Å². The number of rotatable bonds is 4. The highest BCUT2D eigenvalue weighted by atomic mass is 19.1. The van der Waals surface area contributed by atoms with E-state index in [1.165, 1.54) is 12.1 Å². The van der Waals surface area contributed by atoms with Crippen molar-refractivity contribution in [2.75, 3.05) is 13.2 Å². The predicted molar refractivity (Wildman–Crippen MR) is 49.9 cm³/mol. The summed E-state index contributed by atoms with van der Waals surface area (Å²) in [4.78, 5) is 0. The van der Waals surface area contributed by atoms with Gasteiger partial charge in [0.05, 0.1) is 12.6 Å². The molecule has 1 atom stereocenters. The first kappa shape index (κ1) is 10.2. The van der Waals surface area contributed by atoms with E-state index in [2.05, 4.69) is 5.32 Å². The van der Waals surface area contributed by atoms with Crippen molar-refractivity contribution >= 4 is 0 Å². The molecule has 1 unspecified atom stereocenters. The molecule has 0 saturated heterocycles. The summed E-state index contributed by atoms with van der Waals surface area (Å²) < 4.78 is 12.8. The van der Waals surface area contributed by atoms with Crippen LogP contribution >= 0.6 is 0 Å². The van der Waals surface area contributed by atoms with Gasteiger partial charge in [-0.05, 0) is 24.2 Å². The number of aliphatic hydroxyl groups excluding tert-OH is 1. The minimum absolute atomic E-state index is 0.0166. The molecule has 1 aromatic rings. The first-order valence-electron chi connectivity index (χ1n) is 4.37. The van der Waals surface area contributed by atoms with E-state index >= 15 is 0 Å². The monoisotopic (exact) mass is 183 g/mol. The van der Waals surface area contributed by atoms with Gasteiger partial charge in [-0.3, -0.25) is 0 Å². The molecule has 1 rings (SSSR count). The molecule has 0 heterocycles. The zero-order valence-corrected chi connectivity index (χ0v) is 7.63. The van der Waals surface area contributed by atoms with E-state index in [0.717, 1.165) is 12.1 Å². The molecule has 0 fully saturated rings. The average Bonchev–Trinajstić information content (AvgIpc) is 2.14. The van der Waals surface area contributed by atoms with Crippen LogP contribution in [0.4, 0.5) is 4.39 Å². The van der Waals surface area contributed by atoms with Gasteiger partial charge < -0.3 is 10.4 Å². The van der Waals surface area contributed by atoms with Crippen LogP contribution in [0, 0.1) is 5.82 Å². The number of aliphatic hydroxyl groups is 1. The van der Waals surface area contributed by atoms with Crippen LogP contribution in [-0.2, 0) is 0 Å². The first-order valence-corrected chi connectivity index (χ1v) is 4.37. The maximum Gasteiger partial charge on any atom is 0.123 e. The number of hydrogen-bond acceptors (Lipinski definition) is 2. The molecule has 2 N–H and O–H groups in total. The lowest BCUT2D eigenvalue weighted by Crippen LogP contribution is -2.23. The quantitative estimate of drug-likeness (QED) is 0.740. The van der Waals surface area contributed by atoms with Gasteiger partial charge in [0.1, 0.15) is 5.82 Å². The van der Waals surface area contributed by atoms with Gasteiger partial charge in [-0.1, -0.05) is 19.1 Å². The van der Waals surface area contributed by atoms with Crippen LogP contribution in [-0.4, -0.2) is 18.3 Å². The molecule has 0 aromatic heterocycles. The maximum atomic E-state index is 12.8. The molecule has 0 spiro atoms. The molecule has 0 radical (unpaired) electrons. The van der Waals surface area contributed by atoms with Crippen molar-refractivity contribution in [1.82, 2.24) is 5.32 Å². The smallest absolute Gasteiger partial charge is 0.123 e. The molecule has 0 aliphatic rings. The van der Waals surface area contributed by atoms with E-state index in [9.17, 15) is 4.39 Å². The Morgan fingerprint density at radius 3 is 2.85 bits per heavy atom. The minimum atomic E-state index is -0.270. The Hall–Kier alpha value is -0.930. The van der Waals surface area contributed by atoms with Gasteiger partial charge in [-0.25, -0.2) is 4.39 Å². The fourth-order valence-corrected chi connectivity index (χ4v) is 1.26. The normalized spacial score (nSPS) is 12.8. The van der Waals surface area contributed by atoms with Gasteiger partial charge in [-0.15, -0.1) is 0 Å². The lowest BCUT2D eigenvalue weighted by molar-refractivity contribution is 0.246. The Morgan fingerprint density at radius 1 is 1.54 bits per heavy atom. The highest BCUT2D eigenvalue weighted by Gasteiger charge is 2.08. The summed E-state index contributed by atoms with van der Waals surface area (Å²) in [5, 5.41) is 12.1. The van der Waals surface area contributed by atoms with E-state index in [-0.39, 0.29) is 18.5 Å². The fourth-order valence-electron chi connectivity index (χ4n) is 1.26. The largest absolute Gasteiger partial charge is 0.394 e. The summed E-state index contributed by atoms with van der Waals surface area (Å²) in [5.41, 5.74) is 0.782. The molecule has 72 valence electrons. The summed E-state index contributed by atoms with van der Waals surface area (Å²) >= 11 is 0. The number of hydrogen-bond donors (Lipinski definition) is 2. The van der Waals surface area contributed by atoms with Gasteiger partial charge in [0.2, 0.25) is 0 Å². The van der Waals surface area contributed by atoms with Crippen LogP contribution < -0.4 is 5.32 Å². The Labute approximate surface area is 77.4 Å². The number of benzene rings is 1. The zero-order chi connectivity index (χ0) is 9.68. The lowest BCUT2D eigenvalue weighted by Gasteiger charge is -2.14. The van der Waals surface area contributed by atoms with Crippen molar-refractivity contribution in [1.29, 1.82) is 0 Å². The standard InChI is InChI=1S/C10H14FNO/c1-2-12-10(7-13)8-4-3-5-9(11)6-8/h3-6,10,12-13H,2,7H2,1H3. The summed E-state index contributed by atoms with van der Waals surface area (Å²) in [6.45, 7) is 2.68. The van der Waals surface area contributed by atoms with Crippen molar-refractivity contribution in [2.45, 2.75) is 13.0 Å². The molecule has 3 heteroatoms. The van der Waals surface area contributed by atoms with Gasteiger partial charge in [0, 0.05) is 0 Å². The van der Waals surface area contributed by atoms with Gasteiger partial charge in [0.15, 0.2) is 0 Å². The first-order chi connectivity index (χ1) is 6.27. The predicted octanol–water partition coefficient (Wildman–Crippen LogP) is 1.47. The summed E-state index contributed by atoms with van der Waals surface area (Å²) in [7, 11) is 0. The van der Waals surface area contributed by atoms with Gasteiger partial charge in [-0.2, -0.15) is 0 Å². The molecule has 0 aliphatic carbocycles. The van der Waals surface area contributed by atoms with Crippen molar-refractivity contribution in [3.05, 3.63) is 35.6 Å². The van der Waals surface area contributed by atoms with E-state index in [0.29, 0.717) is 0 Å². The van der Waals surface area contributed by atoms with E-state index in [4.69, 9.17) is 5.11 Å². The molecule has 0 amide bonds. The second kappa shape index (κ2) is 4.94. The van der Waals surface area contributed by atoms with Crippen LogP contribution in [0.1, 0.15) is 18.5 Å². The van der Waals surface area contributed by atoms with E-state index in [1.54, 1.807) is 12.1 Å². The van der Waals surface area contributed by atoms with E-state index in [1.807, 2.05) is 6.92 Å². The molecule has 0 aliphatic heterocycles. The highest BCUT2D eigenvalue weighted by molar-refractivity contribution is 5.20. The topological polar surface area (TPSA) is 32.3 Å². The Balaban J connectivity index is 2.78. The molecule has 1 aromatic carbocycles. The Kier molecular flexibility index (Phi) is 3.86. The number of nitrogens with one attached hydrogen (secondary N) is 1. The summed E-state index contributed by atoms with van der Waals surface area (Å²) in [5.74, 6) is -0.270. The van der Waals surface area contributed by atoms with Crippen LogP contribution in [0.25, 0.3) is 0 Å². The maximum absolute atomic E-state index is 12.8. The molecular formula is C10H14FNO. The molecule has 0 saturated carbocycles. The van der Waals surface area contributed by atoms with Crippen molar-refractivity contribution in [3.8, 4) is 0 Å². The average molecular weight is 183 g/mol. The van der Waals surface area contributed by atoms with Crippen LogP contribution in [0.5, 0.6) is 0 Å².